The summed E-state index contributed by atoms with van der Waals surface area (Å²) in [5.41, 5.74) is 9.81. The van der Waals surface area contributed by atoms with Crippen molar-refractivity contribution in [3.8, 4) is 0 Å². The van der Waals surface area contributed by atoms with E-state index >= 15 is 0 Å². The van der Waals surface area contributed by atoms with Crippen LogP contribution in [0.15, 0.2) is 35.2 Å². The standard InChI is InChI=1S/C13H15N3OS2/c1-8-6-9(2-4-11(8)14)18-7-10-3-5-12(19-10)13(17)16-15/h2-6H,7,14-15H2,1H3,(H,16,17). The second-order valence-electron chi connectivity index (χ2n) is 4.05. The summed E-state index contributed by atoms with van der Waals surface area (Å²) in [6, 6.07) is 9.73. The highest BCUT2D eigenvalue weighted by Crippen LogP contribution is 2.28. The summed E-state index contributed by atoms with van der Waals surface area (Å²) >= 11 is 3.18. The van der Waals surface area contributed by atoms with Crippen LogP contribution in [0.5, 0.6) is 0 Å². The lowest BCUT2D eigenvalue weighted by Crippen LogP contribution is -2.29. The molecule has 0 spiro atoms. The number of nitrogens with one attached hydrogen (secondary N) is 1. The van der Waals surface area contributed by atoms with Crippen molar-refractivity contribution in [3.63, 3.8) is 0 Å². The van der Waals surface area contributed by atoms with Gasteiger partial charge in [-0.15, -0.1) is 23.1 Å². The monoisotopic (exact) mass is 293 g/mol. The highest BCUT2D eigenvalue weighted by molar-refractivity contribution is 7.98. The smallest absolute Gasteiger partial charge is 0.275 e. The van der Waals surface area contributed by atoms with Crippen LogP contribution in [0, 0.1) is 6.92 Å². The van der Waals surface area contributed by atoms with E-state index in [9.17, 15) is 4.79 Å². The van der Waals surface area contributed by atoms with E-state index in [0.717, 1.165) is 21.9 Å². The van der Waals surface area contributed by atoms with Crippen molar-refractivity contribution >= 4 is 34.7 Å². The summed E-state index contributed by atoms with van der Waals surface area (Å²) in [4.78, 5) is 14.3. The minimum absolute atomic E-state index is 0.246. The van der Waals surface area contributed by atoms with Crippen molar-refractivity contribution in [2.24, 2.45) is 5.84 Å². The first-order valence-corrected chi connectivity index (χ1v) is 7.49. The fraction of sp³-hybridized carbons (Fsp3) is 0.154. The van der Waals surface area contributed by atoms with Crippen molar-refractivity contribution in [2.45, 2.75) is 17.6 Å². The second-order valence-corrected chi connectivity index (χ2v) is 6.26. The van der Waals surface area contributed by atoms with E-state index in [0.29, 0.717) is 4.88 Å². The number of hydrazine groups is 1. The number of thiophene rings is 1. The summed E-state index contributed by atoms with van der Waals surface area (Å²) in [7, 11) is 0. The molecule has 1 amide bonds. The average Bonchev–Trinajstić information content (AvgIpc) is 2.88. The van der Waals surface area contributed by atoms with E-state index in [1.165, 1.54) is 16.2 Å². The van der Waals surface area contributed by atoms with Gasteiger partial charge in [0.05, 0.1) is 4.88 Å². The third-order valence-corrected chi connectivity index (χ3v) is 4.95. The number of nitrogens with two attached hydrogens (primary N) is 2. The zero-order chi connectivity index (χ0) is 13.8. The van der Waals surface area contributed by atoms with E-state index in [4.69, 9.17) is 11.6 Å². The SMILES string of the molecule is Cc1cc(SCc2ccc(C(=O)NN)s2)ccc1N. The molecule has 2 aromatic rings. The van der Waals surface area contributed by atoms with Crippen LogP contribution < -0.4 is 17.0 Å². The third kappa shape index (κ3) is 3.50. The molecule has 0 saturated heterocycles. The molecule has 100 valence electrons. The number of anilines is 1. The van der Waals surface area contributed by atoms with Gasteiger partial charge in [0, 0.05) is 21.2 Å². The number of hydrogen-bond acceptors (Lipinski definition) is 5. The molecule has 6 heteroatoms. The fourth-order valence-electron chi connectivity index (χ4n) is 1.54. The Morgan fingerprint density at radius 3 is 2.84 bits per heavy atom. The quantitative estimate of drug-likeness (QED) is 0.266. The zero-order valence-corrected chi connectivity index (χ0v) is 12.1. The lowest BCUT2D eigenvalue weighted by atomic mass is 10.2. The normalized spacial score (nSPS) is 10.4. The molecule has 1 heterocycles. The predicted octanol–water partition coefficient (Wildman–Crippen LogP) is 2.53. The molecule has 0 radical (unpaired) electrons. The summed E-state index contributed by atoms with van der Waals surface area (Å²) in [6.07, 6.45) is 0. The van der Waals surface area contributed by atoms with E-state index in [-0.39, 0.29) is 5.91 Å². The van der Waals surface area contributed by atoms with Gasteiger partial charge in [-0.2, -0.15) is 0 Å². The number of carbonyl (C=O) groups excluding carboxylic acids is 1. The number of amides is 1. The molecular formula is C13H15N3OS2. The van der Waals surface area contributed by atoms with Gasteiger partial charge in [0.1, 0.15) is 0 Å². The third-order valence-electron chi connectivity index (χ3n) is 2.64. The molecule has 4 nitrogen and oxygen atoms in total. The Bertz CT molecular complexity index is 595. The maximum atomic E-state index is 11.3. The molecule has 0 aliphatic carbocycles. The van der Waals surface area contributed by atoms with Gasteiger partial charge in [-0.05, 0) is 42.8 Å². The molecule has 0 saturated carbocycles. The summed E-state index contributed by atoms with van der Waals surface area (Å²) in [5.74, 6) is 5.68. The molecule has 0 aliphatic heterocycles. The highest BCUT2D eigenvalue weighted by atomic mass is 32.2. The van der Waals surface area contributed by atoms with Crippen molar-refractivity contribution in [1.29, 1.82) is 0 Å². The lowest BCUT2D eigenvalue weighted by Gasteiger charge is -2.04. The number of aryl methyl sites for hydroxylation is 1. The summed E-state index contributed by atoms with van der Waals surface area (Å²) in [6.45, 7) is 1.99. The topological polar surface area (TPSA) is 81.1 Å². The van der Waals surface area contributed by atoms with Crippen LogP contribution in [0.3, 0.4) is 0 Å². The van der Waals surface area contributed by atoms with Gasteiger partial charge in [0.15, 0.2) is 0 Å². The van der Waals surface area contributed by atoms with Gasteiger partial charge >= 0.3 is 0 Å². The minimum Gasteiger partial charge on any atom is -0.399 e. The van der Waals surface area contributed by atoms with Crippen molar-refractivity contribution in [1.82, 2.24) is 5.43 Å². The Morgan fingerprint density at radius 1 is 1.37 bits per heavy atom. The van der Waals surface area contributed by atoms with Crippen molar-refractivity contribution < 1.29 is 4.79 Å². The van der Waals surface area contributed by atoms with Gasteiger partial charge in [0.2, 0.25) is 0 Å². The molecule has 0 bridgehead atoms. The van der Waals surface area contributed by atoms with Crippen LogP contribution in [0.2, 0.25) is 0 Å². The average molecular weight is 293 g/mol. The molecule has 1 aromatic heterocycles. The van der Waals surface area contributed by atoms with Gasteiger partial charge in [-0.25, -0.2) is 5.84 Å². The number of hydrogen-bond donors (Lipinski definition) is 3. The van der Waals surface area contributed by atoms with Crippen LogP contribution >= 0.6 is 23.1 Å². The zero-order valence-electron chi connectivity index (χ0n) is 10.5. The lowest BCUT2D eigenvalue weighted by molar-refractivity contribution is 0.0957. The predicted molar refractivity (Wildman–Crippen MR) is 81.1 cm³/mol. The fourth-order valence-corrected chi connectivity index (χ4v) is 3.49. The maximum absolute atomic E-state index is 11.3. The molecule has 0 unspecified atom stereocenters. The Balaban J connectivity index is 2.00. The number of nitrogen functional groups attached to an aromatic ring is 2. The van der Waals surface area contributed by atoms with E-state index in [1.807, 2.05) is 25.1 Å². The van der Waals surface area contributed by atoms with Crippen LogP contribution in [-0.2, 0) is 5.75 Å². The molecule has 0 atom stereocenters. The van der Waals surface area contributed by atoms with Gasteiger partial charge in [-0.3, -0.25) is 10.2 Å². The van der Waals surface area contributed by atoms with Crippen LogP contribution in [0.4, 0.5) is 5.69 Å². The number of rotatable bonds is 4. The number of carbonyl (C=O) groups is 1. The summed E-state index contributed by atoms with van der Waals surface area (Å²) < 4.78 is 0. The molecule has 0 fully saturated rings. The van der Waals surface area contributed by atoms with Crippen LogP contribution in [0.1, 0.15) is 20.1 Å². The Hall–Kier alpha value is -1.50. The number of benzene rings is 1. The van der Waals surface area contributed by atoms with Gasteiger partial charge < -0.3 is 5.73 Å². The van der Waals surface area contributed by atoms with Gasteiger partial charge in [-0.1, -0.05) is 0 Å². The first-order valence-electron chi connectivity index (χ1n) is 5.68. The van der Waals surface area contributed by atoms with E-state index < -0.39 is 0 Å². The second kappa shape index (κ2) is 6.10. The molecule has 2 rings (SSSR count). The number of thioether (sulfide) groups is 1. The maximum Gasteiger partial charge on any atom is 0.275 e. The minimum atomic E-state index is -0.246. The van der Waals surface area contributed by atoms with Crippen molar-refractivity contribution in [2.75, 3.05) is 5.73 Å². The molecular weight excluding hydrogens is 278 g/mol. The van der Waals surface area contributed by atoms with Crippen molar-refractivity contribution in [3.05, 3.63) is 45.6 Å². The van der Waals surface area contributed by atoms with Crippen LogP contribution in [-0.4, -0.2) is 5.91 Å². The van der Waals surface area contributed by atoms with E-state index in [1.54, 1.807) is 17.8 Å². The highest BCUT2D eigenvalue weighted by Gasteiger charge is 2.07. The molecule has 1 aromatic carbocycles. The first kappa shape index (κ1) is 13.9. The largest absolute Gasteiger partial charge is 0.399 e. The van der Waals surface area contributed by atoms with Crippen LogP contribution in [0.25, 0.3) is 0 Å². The Morgan fingerprint density at radius 2 is 2.16 bits per heavy atom. The first-order chi connectivity index (χ1) is 9.10. The van der Waals surface area contributed by atoms with E-state index in [2.05, 4.69) is 11.5 Å². The Labute approximate surface area is 120 Å². The molecule has 5 N–H and O–H groups in total. The molecule has 19 heavy (non-hydrogen) atoms. The molecule has 0 aliphatic rings. The van der Waals surface area contributed by atoms with Gasteiger partial charge in [0.25, 0.3) is 5.91 Å². The summed E-state index contributed by atoms with van der Waals surface area (Å²) in [5, 5.41) is 0. The Kier molecular flexibility index (Phi) is 4.47.